The van der Waals surface area contributed by atoms with E-state index in [1.54, 1.807) is 0 Å². The minimum Gasteiger partial charge on any atom is -0.330 e. The summed E-state index contributed by atoms with van der Waals surface area (Å²) in [5.41, 5.74) is 7.04. The van der Waals surface area contributed by atoms with Gasteiger partial charge in [0.05, 0.1) is 6.20 Å². The molecule has 0 spiro atoms. The first-order valence-electron chi connectivity index (χ1n) is 6.75. The van der Waals surface area contributed by atoms with Crippen LogP contribution < -0.4 is 5.73 Å². The van der Waals surface area contributed by atoms with Gasteiger partial charge >= 0.3 is 0 Å². The smallest absolute Gasteiger partial charge is 0.0534 e. The molecule has 5 heteroatoms. The van der Waals surface area contributed by atoms with Crippen LogP contribution in [0.1, 0.15) is 31.7 Å². The van der Waals surface area contributed by atoms with Crippen molar-refractivity contribution in [1.82, 2.24) is 14.7 Å². The van der Waals surface area contributed by atoms with Crippen molar-refractivity contribution >= 4 is 12.4 Å². The van der Waals surface area contributed by atoms with Crippen molar-refractivity contribution in [2.75, 3.05) is 19.6 Å². The minimum absolute atomic E-state index is 0. The Balaban J connectivity index is 0.00000162. The maximum atomic E-state index is 5.71. The van der Waals surface area contributed by atoms with E-state index in [1.165, 1.54) is 31.5 Å². The van der Waals surface area contributed by atoms with Crippen LogP contribution in [0.2, 0.25) is 0 Å². The topological polar surface area (TPSA) is 47.1 Å². The van der Waals surface area contributed by atoms with E-state index in [-0.39, 0.29) is 12.4 Å². The van der Waals surface area contributed by atoms with Crippen molar-refractivity contribution in [3.05, 3.63) is 18.0 Å². The van der Waals surface area contributed by atoms with Gasteiger partial charge in [-0.1, -0.05) is 6.92 Å². The molecule has 104 valence electrons. The van der Waals surface area contributed by atoms with Crippen LogP contribution in [0.4, 0.5) is 0 Å². The maximum Gasteiger partial charge on any atom is 0.0534 e. The molecule has 1 fully saturated rings. The molecule has 18 heavy (non-hydrogen) atoms. The van der Waals surface area contributed by atoms with Gasteiger partial charge in [-0.15, -0.1) is 12.4 Å². The number of nitrogens with zero attached hydrogens (tertiary/aromatic N) is 3. The van der Waals surface area contributed by atoms with Gasteiger partial charge in [0.25, 0.3) is 0 Å². The Hall–Kier alpha value is -0.580. The van der Waals surface area contributed by atoms with Crippen molar-refractivity contribution in [2.45, 2.75) is 39.3 Å². The third kappa shape index (κ3) is 4.26. The van der Waals surface area contributed by atoms with E-state index >= 15 is 0 Å². The fraction of sp³-hybridized carbons (Fsp3) is 0.769. The summed E-state index contributed by atoms with van der Waals surface area (Å²) in [4.78, 5) is 2.51. The first-order valence-corrected chi connectivity index (χ1v) is 6.75. The van der Waals surface area contributed by atoms with Gasteiger partial charge in [-0.2, -0.15) is 5.10 Å². The molecule has 0 saturated carbocycles. The highest BCUT2D eigenvalue weighted by atomic mass is 35.5. The van der Waals surface area contributed by atoms with Gasteiger partial charge in [0.2, 0.25) is 0 Å². The molecule has 0 bridgehead atoms. The van der Waals surface area contributed by atoms with Crippen molar-refractivity contribution < 1.29 is 0 Å². The zero-order chi connectivity index (χ0) is 12.1. The van der Waals surface area contributed by atoms with Gasteiger partial charge in [-0.3, -0.25) is 9.58 Å². The predicted molar refractivity (Wildman–Crippen MR) is 76.8 cm³/mol. The molecule has 0 unspecified atom stereocenters. The molecule has 1 aliphatic heterocycles. The quantitative estimate of drug-likeness (QED) is 0.890. The number of likely N-dealkylation sites (tertiary alicyclic amines) is 1. The summed E-state index contributed by atoms with van der Waals surface area (Å²) in [5, 5.41) is 4.37. The Bertz CT molecular complexity index is 331. The van der Waals surface area contributed by atoms with Crippen LogP contribution in [-0.2, 0) is 13.1 Å². The molecule has 1 aromatic heterocycles. The normalized spacial score (nSPS) is 17.7. The molecular weight excluding hydrogens is 248 g/mol. The Morgan fingerprint density at radius 2 is 2.11 bits per heavy atom. The maximum absolute atomic E-state index is 5.71. The van der Waals surface area contributed by atoms with Crippen LogP contribution in [-0.4, -0.2) is 34.3 Å². The Labute approximate surface area is 116 Å². The molecule has 0 amide bonds. The molecule has 4 nitrogen and oxygen atoms in total. The lowest BCUT2D eigenvalue weighted by molar-refractivity contribution is 0.180. The van der Waals surface area contributed by atoms with E-state index in [2.05, 4.69) is 23.1 Å². The predicted octanol–water partition coefficient (Wildman–Crippen LogP) is 1.89. The second-order valence-corrected chi connectivity index (χ2v) is 5.07. The van der Waals surface area contributed by atoms with E-state index in [0.717, 1.165) is 32.0 Å². The van der Waals surface area contributed by atoms with E-state index in [9.17, 15) is 0 Å². The molecule has 2 N–H and O–H groups in total. The first-order chi connectivity index (χ1) is 8.31. The minimum atomic E-state index is 0. The molecule has 0 aliphatic carbocycles. The number of halogens is 1. The van der Waals surface area contributed by atoms with Crippen LogP contribution in [0.15, 0.2) is 12.4 Å². The van der Waals surface area contributed by atoms with Gasteiger partial charge in [0.15, 0.2) is 0 Å². The number of nitrogens with two attached hydrogens (primary N) is 1. The lowest BCUT2D eigenvalue weighted by atomic mass is 9.97. The SMILES string of the molecule is CCCn1cc(CN2CCC(CN)CC2)cn1.Cl. The average molecular weight is 273 g/mol. The standard InChI is InChI=1S/C13H24N4.ClH/c1-2-5-17-11-13(9-15-17)10-16-6-3-12(8-14)4-7-16;/h9,11-12H,2-8,10,14H2,1H3;1H. The summed E-state index contributed by atoms with van der Waals surface area (Å²) in [6.45, 7) is 7.46. The Morgan fingerprint density at radius 3 is 2.72 bits per heavy atom. The molecular formula is C13H25ClN4. The van der Waals surface area contributed by atoms with Crippen LogP contribution in [0, 0.1) is 5.92 Å². The van der Waals surface area contributed by atoms with E-state index < -0.39 is 0 Å². The third-order valence-electron chi connectivity index (χ3n) is 3.59. The summed E-state index contributed by atoms with van der Waals surface area (Å²) < 4.78 is 2.04. The van der Waals surface area contributed by atoms with Gasteiger partial charge in [0.1, 0.15) is 0 Å². The molecule has 0 radical (unpaired) electrons. The van der Waals surface area contributed by atoms with E-state index in [0.29, 0.717) is 0 Å². The van der Waals surface area contributed by atoms with Crippen LogP contribution in [0.3, 0.4) is 0 Å². The van der Waals surface area contributed by atoms with Crippen molar-refractivity contribution in [3.63, 3.8) is 0 Å². The van der Waals surface area contributed by atoms with Crippen molar-refractivity contribution in [1.29, 1.82) is 0 Å². The van der Waals surface area contributed by atoms with Crippen LogP contribution in [0.5, 0.6) is 0 Å². The molecule has 0 aromatic carbocycles. The number of hydrogen-bond acceptors (Lipinski definition) is 3. The lowest BCUT2D eigenvalue weighted by Crippen LogP contribution is -2.35. The summed E-state index contributed by atoms with van der Waals surface area (Å²) in [5.74, 6) is 0.745. The largest absolute Gasteiger partial charge is 0.330 e. The molecule has 1 aliphatic rings. The highest BCUT2D eigenvalue weighted by Crippen LogP contribution is 2.17. The second kappa shape index (κ2) is 7.77. The van der Waals surface area contributed by atoms with Crippen LogP contribution in [0.25, 0.3) is 0 Å². The van der Waals surface area contributed by atoms with Crippen molar-refractivity contribution in [3.8, 4) is 0 Å². The fourth-order valence-corrected chi connectivity index (χ4v) is 2.48. The summed E-state index contributed by atoms with van der Waals surface area (Å²) >= 11 is 0. The van der Waals surface area contributed by atoms with Crippen molar-refractivity contribution in [2.24, 2.45) is 11.7 Å². The zero-order valence-electron chi connectivity index (χ0n) is 11.2. The molecule has 1 aromatic rings. The molecule has 2 rings (SSSR count). The van der Waals surface area contributed by atoms with E-state index in [4.69, 9.17) is 5.73 Å². The Kier molecular flexibility index (Phi) is 6.68. The summed E-state index contributed by atoms with van der Waals surface area (Å²) in [7, 11) is 0. The number of aromatic nitrogens is 2. The molecule has 1 saturated heterocycles. The van der Waals surface area contributed by atoms with Gasteiger partial charge in [-0.05, 0) is 44.8 Å². The number of rotatable bonds is 5. The van der Waals surface area contributed by atoms with Gasteiger partial charge in [0, 0.05) is 24.8 Å². The van der Waals surface area contributed by atoms with Gasteiger partial charge in [-0.25, -0.2) is 0 Å². The zero-order valence-corrected chi connectivity index (χ0v) is 12.0. The number of aryl methyl sites for hydroxylation is 1. The Morgan fingerprint density at radius 1 is 1.39 bits per heavy atom. The molecule has 2 heterocycles. The number of piperidine rings is 1. The monoisotopic (exact) mass is 272 g/mol. The third-order valence-corrected chi connectivity index (χ3v) is 3.59. The second-order valence-electron chi connectivity index (χ2n) is 5.07. The first kappa shape index (κ1) is 15.5. The fourth-order valence-electron chi connectivity index (χ4n) is 2.48. The highest BCUT2D eigenvalue weighted by molar-refractivity contribution is 5.85. The highest BCUT2D eigenvalue weighted by Gasteiger charge is 2.18. The summed E-state index contributed by atoms with van der Waals surface area (Å²) in [6.07, 6.45) is 7.82. The number of hydrogen-bond donors (Lipinski definition) is 1. The average Bonchev–Trinajstić information content (AvgIpc) is 2.78. The van der Waals surface area contributed by atoms with E-state index in [1.807, 2.05) is 10.9 Å². The molecule has 0 atom stereocenters. The van der Waals surface area contributed by atoms with Crippen LogP contribution >= 0.6 is 12.4 Å². The summed E-state index contributed by atoms with van der Waals surface area (Å²) in [6, 6.07) is 0. The van der Waals surface area contributed by atoms with Gasteiger partial charge < -0.3 is 5.73 Å². The lowest BCUT2D eigenvalue weighted by Gasteiger charge is -2.30.